The zero-order valence-electron chi connectivity index (χ0n) is 8.58. The van der Waals surface area contributed by atoms with Crippen LogP contribution in [0.25, 0.3) is 0 Å². The first-order chi connectivity index (χ1) is 5.56. The third kappa shape index (κ3) is 17.3. The molecule has 3 heteroatoms. The van der Waals surface area contributed by atoms with Gasteiger partial charge in [0.1, 0.15) is 0 Å². The van der Waals surface area contributed by atoms with E-state index in [-0.39, 0.29) is 0 Å². The number of rotatable bonds is 3. The molecule has 66 valence electrons. The van der Waals surface area contributed by atoms with Crippen molar-refractivity contribution < 1.29 is 14.8 Å². The Hall–Kier alpha value is 1.09. The molecule has 0 fully saturated rings. The summed E-state index contributed by atoms with van der Waals surface area (Å²) in [6, 6.07) is 0. The molecule has 0 aromatic heterocycles. The van der Waals surface area contributed by atoms with Gasteiger partial charge in [0.2, 0.25) is 0 Å². The summed E-state index contributed by atoms with van der Waals surface area (Å²) in [6.45, 7) is 8.96. The Labute approximate surface area is 98.8 Å². The van der Waals surface area contributed by atoms with E-state index in [2.05, 4.69) is 63.8 Å². The number of halogens is 1. The van der Waals surface area contributed by atoms with Gasteiger partial charge < -0.3 is 5.73 Å². The van der Waals surface area contributed by atoms with Crippen LogP contribution in [0, 0.1) is 5.70 Å². The van der Waals surface area contributed by atoms with E-state index in [1.807, 2.05) is 0 Å². The van der Waals surface area contributed by atoms with Crippen molar-refractivity contribution in [1.82, 2.24) is 0 Å². The fourth-order valence-electron chi connectivity index (χ4n) is 0.484. The van der Waals surface area contributed by atoms with E-state index in [1.54, 1.807) is 0 Å². The molecular formula is C9H17ISiZn. The second kappa shape index (κ2) is 10.2. The van der Waals surface area contributed by atoms with E-state index in [0.29, 0.717) is 0 Å². The van der Waals surface area contributed by atoms with Gasteiger partial charge in [0, 0.05) is 0 Å². The van der Waals surface area contributed by atoms with E-state index >= 15 is 0 Å². The topological polar surface area (TPSA) is 0 Å². The summed E-state index contributed by atoms with van der Waals surface area (Å²) in [4.78, 5) is 0. The van der Waals surface area contributed by atoms with E-state index in [4.69, 9.17) is 0 Å². The Kier molecular flexibility index (Phi) is 13.2. The van der Waals surface area contributed by atoms with Gasteiger partial charge in [0.25, 0.3) is 0 Å². The van der Waals surface area contributed by atoms with Crippen LogP contribution >= 0.6 is 19.8 Å². The second-order valence-electron chi connectivity index (χ2n) is 3.51. The van der Waals surface area contributed by atoms with Crippen molar-refractivity contribution in [3.05, 3.63) is 17.5 Å². The zero-order valence-corrected chi connectivity index (χ0v) is 14.7. The van der Waals surface area contributed by atoms with E-state index in [9.17, 15) is 0 Å². The van der Waals surface area contributed by atoms with Gasteiger partial charge in [-0.25, -0.2) is 5.70 Å². The van der Waals surface area contributed by atoms with E-state index in [1.165, 1.54) is 21.2 Å². The van der Waals surface area contributed by atoms with Crippen LogP contribution in [0.15, 0.2) is 11.8 Å². The molecular weight excluding hydrogens is 328 g/mol. The van der Waals surface area contributed by atoms with Crippen molar-refractivity contribution in [2.75, 3.05) is 0 Å². The molecule has 12 heavy (non-hydrogen) atoms. The molecule has 0 bridgehead atoms. The summed E-state index contributed by atoms with van der Waals surface area (Å²) in [5.41, 5.74) is 6.40. The van der Waals surface area contributed by atoms with Gasteiger partial charge in [0.05, 0.1) is 0 Å². The average Bonchev–Trinajstić information content (AvgIpc) is 2.01. The van der Waals surface area contributed by atoms with Crippen molar-refractivity contribution in [3.63, 3.8) is 0 Å². The molecule has 0 aliphatic carbocycles. The molecule has 0 aromatic carbocycles. The molecule has 0 aliphatic rings. The predicted molar refractivity (Wildman–Crippen MR) is 63.6 cm³/mol. The van der Waals surface area contributed by atoms with Crippen LogP contribution in [0.5, 0.6) is 0 Å². The van der Waals surface area contributed by atoms with E-state index < -0.39 is 8.07 Å². The third-order valence-electron chi connectivity index (χ3n) is 0.982. The fourth-order valence-corrected chi connectivity index (χ4v) is 1.02. The van der Waals surface area contributed by atoms with Crippen LogP contribution < -0.4 is 0 Å². The van der Waals surface area contributed by atoms with Crippen molar-refractivity contribution in [2.45, 2.75) is 39.4 Å². The molecule has 0 unspecified atom stereocenters. The first kappa shape index (κ1) is 15.6. The van der Waals surface area contributed by atoms with Gasteiger partial charge in [-0.3, -0.25) is 0 Å². The zero-order chi connectivity index (χ0) is 10.0. The Morgan fingerprint density at radius 1 is 1.42 bits per heavy atom. The molecule has 0 N–H and O–H groups in total. The summed E-state index contributed by atoms with van der Waals surface area (Å²) in [6.07, 6.45) is 4.43. The van der Waals surface area contributed by atoms with Crippen molar-refractivity contribution in [3.8, 4) is 0 Å². The summed E-state index contributed by atoms with van der Waals surface area (Å²) in [7, 11) is -1.10. The number of allylic oxidation sites excluding steroid dienone is 1. The van der Waals surface area contributed by atoms with Crippen LogP contribution in [0.4, 0.5) is 0 Å². The van der Waals surface area contributed by atoms with Gasteiger partial charge in [-0.15, -0.1) is 0 Å². The first-order valence-corrected chi connectivity index (χ1v) is 16.7. The normalized spacial score (nSPS) is 9.25. The Morgan fingerprint density at radius 3 is 2.25 bits per heavy atom. The fraction of sp³-hybridized carbons (Fsp3) is 0.667. The minimum absolute atomic E-state index is 1.10. The quantitative estimate of drug-likeness (QED) is 0.313. The average molecular weight is 346 g/mol. The molecule has 0 aromatic rings. The van der Waals surface area contributed by atoms with Crippen LogP contribution in [0.3, 0.4) is 0 Å². The van der Waals surface area contributed by atoms with Gasteiger partial charge in [-0.1, -0.05) is 39.4 Å². The third-order valence-corrected chi connectivity index (χ3v) is 1.88. The molecule has 0 heterocycles. The van der Waals surface area contributed by atoms with Gasteiger partial charge in [-0.2, -0.15) is 6.08 Å². The molecule has 0 aliphatic heterocycles. The second-order valence-corrected chi connectivity index (χ2v) is 8.26. The molecule has 0 rings (SSSR count). The van der Waals surface area contributed by atoms with Crippen molar-refractivity contribution in [1.29, 1.82) is 0 Å². The summed E-state index contributed by atoms with van der Waals surface area (Å²) in [5, 5.41) is 0. The molecule has 0 atom stereocenters. The number of unbranched alkanes of at least 4 members (excludes halogenated alkanes) is 1. The minimum atomic E-state index is -1.10. The summed E-state index contributed by atoms with van der Waals surface area (Å²) < 4.78 is 0. The summed E-state index contributed by atoms with van der Waals surface area (Å²) >= 11 is 3.62. The summed E-state index contributed by atoms with van der Waals surface area (Å²) in [5.74, 6) is 0. The molecule has 0 radical (unpaired) electrons. The van der Waals surface area contributed by atoms with Crippen molar-refractivity contribution >= 4 is 27.8 Å². The molecule has 0 amide bonds. The van der Waals surface area contributed by atoms with Crippen molar-refractivity contribution in [2.24, 2.45) is 0 Å². The predicted octanol–water partition coefficient (Wildman–Crippen LogP) is 4.06. The van der Waals surface area contributed by atoms with E-state index in [0.717, 1.165) is 6.42 Å². The molecule has 0 saturated carbocycles. The molecule has 0 nitrogen and oxygen atoms in total. The first-order valence-electron chi connectivity index (χ1n) is 4.17. The van der Waals surface area contributed by atoms with Gasteiger partial charge in [0.15, 0.2) is 0 Å². The maximum atomic E-state index is 3.29. The molecule has 0 saturated heterocycles. The SMILES string of the molecule is CCCC=C=[C-][Si](C)(C)C.[Zn+][I]. The standard InChI is InChI=1S/C9H17Si.HI.Zn/c1-5-6-7-8-9-10(2,3)4;;/h7H,5-6H2,1-4H3;1H;/q-1;;+2/p-1. The molecule has 0 spiro atoms. The Bertz CT molecular complexity index is 143. The van der Waals surface area contributed by atoms with Crippen LogP contribution in [0.2, 0.25) is 19.6 Å². The monoisotopic (exact) mass is 344 g/mol. The number of hydrogen-bond donors (Lipinski definition) is 0. The maximum absolute atomic E-state index is 3.29. The van der Waals surface area contributed by atoms with Crippen LogP contribution in [-0.2, 0) is 14.8 Å². The Morgan fingerprint density at radius 2 is 1.92 bits per heavy atom. The Balaban J connectivity index is 0. The van der Waals surface area contributed by atoms with Crippen LogP contribution in [-0.4, -0.2) is 8.07 Å². The van der Waals surface area contributed by atoms with Gasteiger partial charge >= 0.3 is 34.5 Å². The number of hydrogen-bond acceptors (Lipinski definition) is 0. The van der Waals surface area contributed by atoms with Crippen LogP contribution in [0.1, 0.15) is 19.8 Å². The van der Waals surface area contributed by atoms with Gasteiger partial charge in [-0.05, 0) is 8.07 Å².